The summed E-state index contributed by atoms with van der Waals surface area (Å²) in [7, 11) is 2.32. The molecule has 25 heavy (non-hydrogen) atoms. The maximum absolute atomic E-state index is 11.9. The van der Waals surface area contributed by atoms with E-state index < -0.39 is 5.60 Å². The van der Waals surface area contributed by atoms with Crippen molar-refractivity contribution in [3.05, 3.63) is 0 Å². The maximum atomic E-state index is 11.9. The van der Waals surface area contributed by atoms with Crippen molar-refractivity contribution in [2.24, 2.45) is 0 Å². The van der Waals surface area contributed by atoms with E-state index in [4.69, 9.17) is 4.74 Å². The fourth-order valence-electron chi connectivity index (χ4n) is 4.96. The minimum absolute atomic E-state index is 0.268. The Kier molecular flexibility index (Phi) is 5.94. The largest absolute Gasteiger partial charge is 0.444 e. The van der Waals surface area contributed by atoms with Gasteiger partial charge in [-0.1, -0.05) is 6.42 Å². The van der Waals surface area contributed by atoms with Crippen molar-refractivity contribution in [1.29, 1.82) is 0 Å². The lowest BCUT2D eigenvalue weighted by molar-refractivity contribution is 0.0421. The van der Waals surface area contributed by atoms with Crippen LogP contribution in [0.5, 0.6) is 0 Å². The molecule has 0 aromatic rings. The second-order valence-corrected chi connectivity index (χ2v) is 9.43. The number of rotatable bonds is 3. The Hall–Kier alpha value is -0.810. The molecule has 2 unspecified atom stereocenters. The third kappa shape index (κ3) is 5.33. The highest BCUT2D eigenvalue weighted by molar-refractivity contribution is 5.68. The van der Waals surface area contributed by atoms with Gasteiger partial charge >= 0.3 is 6.09 Å². The first-order valence-corrected chi connectivity index (χ1v) is 10.3. The lowest BCUT2D eigenvalue weighted by atomic mass is 9.81. The second-order valence-electron chi connectivity index (χ2n) is 9.43. The van der Waals surface area contributed by atoms with Crippen LogP contribution in [-0.4, -0.2) is 53.9 Å². The van der Waals surface area contributed by atoms with Crippen LogP contribution in [0, 0.1) is 0 Å². The number of alkyl carbamates (subject to hydrolysis) is 1. The SMILES string of the molecule is CN1C2CCCC1CC(NC1CCC(NC(=O)OC(C)(C)C)CC1)C2. The van der Waals surface area contributed by atoms with E-state index in [-0.39, 0.29) is 12.1 Å². The molecule has 144 valence electrons. The number of carbonyl (C=O) groups is 1. The van der Waals surface area contributed by atoms with Gasteiger partial charge in [-0.3, -0.25) is 0 Å². The van der Waals surface area contributed by atoms with Gasteiger partial charge < -0.3 is 20.3 Å². The van der Waals surface area contributed by atoms with E-state index in [9.17, 15) is 4.79 Å². The first-order valence-electron chi connectivity index (χ1n) is 10.3. The highest BCUT2D eigenvalue weighted by atomic mass is 16.6. The lowest BCUT2D eigenvalue weighted by Gasteiger charge is -2.48. The van der Waals surface area contributed by atoms with Crippen LogP contribution in [0.4, 0.5) is 4.79 Å². The maximum Gasteiger partial charge on any atom is 0.407 e. The van der Waals surface area contributed by atoms with Gasteiger partial charge in [0.1, 0.15) is 5.60 Å². The van der Waals surface area contributed by atoms with Gasteiger partial charge in [0, 0.05) is 30.2 Å². The summed E-state index contributed by atoms with van der Waals surface area (Å²) in [5.74, 6) is 0. The molecule has 3 aliphatic rings. The van der Waals surface area contributed by atoms with E-state index in [0.717, 1.165) is 37.8 Å². The number of hydrogen-bond acceptors (Lipinski definition) is 4. The molecule has 1 aliphatic carbocycles. The summed E-state index contributed by atoms with van der Waals surface area (Å²) >= 11 is 0. The van der Waals surface area contributed by atoms with Crippen molar-refractivity contribution in [3.8, 4) is 0 Å². The summed E-state index contributed by atoms with van der Waals surface area (Å²) in [5.41, 5.74) is -0.422. The van der Waals surface area contributed by atoms with Crippen LogP contribution in [-0.2, 0) is 4.74 Å². The first-order chi connectivity index (χ1) is 11.8. The molecule has 5 nitrogen and oxygen atoms in total. The van der Waals surface area contributed by atoms with Gasteiger partial charge in [-0.2, -0.15) is 0 Å². The van der Waals surface area contributed by atoms with Gasteiger partial charge in [0.25, 0.3) is 0 Å². The van der Waals surface area contributed by atoms with Crippen LogP contribution in [0.25, 0.3) is 0 Å². The molecule has 1 amide bonds. The monoisotopic (exact) mass is 351 g/mol. The number of nitrogens with one attached hydrogen (secondary N) is 2. The third-order valence-corrected chi connectivity index (χ3v) is 6.26. The number of piperidine rings is 2. The van der Waals surface area contributed by atoms with Gasteiger partial charge in [-0.15, -0.1) is 0 Å². The Labute approximate surface area is 153 Å². The van der Waals surface area contributed by atoms with Crippen molar-refractivity contribution < 1.29 is 9.53 Å². The fraction of sp³-hybridized carbons (Fsp3) is 0.950. The zero-order valence-electron chi connectivity index (χ0n) is 16.5. The Morgan fingerprint density at radius 1 is 0.920 bits per heavy atom. The highest BCUT2D eigenvalue weighted by Gasteiger charge is 2.37. The van der Waals surface area contributed by atoms with E-state index in [1.807, 2.05) is 20.8 Å². The minimum Gasteiger partial charge on any atom is -0.444 e. The number of fused-ring (bicyclic) bond motifs is 2. The molecule has 3 rings (SSSR count). The van der Waals surface area contributed by atoms with Crippen LogP contribution in [0.15, 0.2) is 0 Å². The summed E-state index contributed by atoms with van der Waals surface area (Å²) in [4.78, 5) is 14.5. The zero-order chi connectivity index (χ0) is 18.0. The van der Waals surface area contributed by atoms with Crippen molar-refractivity contribution in [1.82, 2.24) is 15.5 Å². The molecule has 0 aromatic heterocycles. The van der Waals surface area contributed by atoms with Crippen LogP contribution in [0.3, 0.4) is 0 Å². The molecule has 2 N–H and O–H groups in total. The van der Waals surface area contributed by atoms with E-state index in [1.54, 1.807) is 0 Å². The van der Waals surface area contributed by atoms with Gasteiger partial charge in [-0.25, -0.2) is 4.79 Å². The smallest absolute Gasteiger partial charge is 0.407 e. The van der Waals surface area contributed by atoms with Crippen LogP contribution in [0.2, 0.25) is 0 Å². The number of amides is 1. The predicted molar refractivity (Wildman–Crippen MR) is 101 cm³/mol. The molecule has 3 fully saturated rings. The quantitative estimate of drug-likeness (QED) is 0.818. The van der Waals surface area contributed by atoms with Gasteiger partial charge in [0.2, 0.25) is 0 Å². The summed E-state index contributed by atoms with van der Waals surface area (Å²) in [5, 5.41) is 6.99. The lowest BCUT2D eigenvalue weighted by Crippen LogP contribution is -2.56. The third-order valence-electron chi connectivity index (χ3n) is 6.26. The molecule has 1 saturated carbocycles. The molecule has 0 spiro atoms. The molecular weight excluding hydrogens is 314 g/mol. The number of carbonyl (C=O) groups excluding carboxylic acids is 1. The van der Waals surface area contributed by atoms with Crippen LogP contribution >= 0.6 is 0 Å². The number of ether oxygens (including phenoxy) is 1. The number of nitrogens with zero attached hydrogens (tertiary/aromatic N) is 1. The Morgan fingerprint density at radius 2 is 1.48 bits per heavy atom. The number of hydrogen-bond donors (Lipinski definition) is 2. The summed E-state index contributed by atoms with van der Waals surface area (Å²) in [6.45, 7) is 5.72. The Morgan fingerprint density at radius 3 is 2.04 bits per heavy atom. The van der Waals surface area contributed by atoms with Crippen LogP contribution < -0.4 is 10.6 Å². The topological polar surface area (TPSA) is 53.6 Å². The molecule has 0 aromatic carbocycles. The standard InChI is InChI=1S/C20H37N3O2/c1-20(2,3)25-19(24)22-15-10-8-14(9-11-15)21-16-12-17-6-5-7-18(13-16)23(17)4/h14-18,21H,5-13H2,1-4H3,(H,22,24). The first kappa shape index (κ1) is 19.0. The molecule has 2 bridgehead atoms. The van der Waals surface area contributed by atoms with Crippen molar-refractivity contribution >= 4 is 6.09 Å². The predicted octanol–water partition coefficient (Wildman–Crippen LogP) is 3.43. The van der Waals surface area contributed by atoms with E-state index in [1.165, 1.54) is 32.1 Å². The van der Waals surface area contributed by atoms with Crippen molar-refractivity contribution in [2.75, 3.05) is 7.05 Å². The average Bonchev–Trinajstić information content (AvgIpc) is 2.48. The minimum atomic E-state index is -0.422. The van der Waals surface area contributed by atoms with E-state index in [2.05, 4.69) is 22.6 Å². The fourth-order valence-corrected chi connectivity index (χ4v) is 4.96. The van der Waals surface area contributed by atoms with E-state index in [0.29, 0.717) is 12.1 Å². The summed E-state index contributed by atoms with van der Waals surface area (Å²) in [6, 6.07) is 3.15. The van der Waals surface area contributed by atoms with Gasteiger partial charge in [0.15, 0.2) is 0 Å². The van der Waals surface area contributed by atoms with E-state index >= 15 is 0 Å². The van der Waals surface area contributed by atoms with Crippen molar-refractivity contribution in [3.63, 3.8) is 0 Å². The molecule has 2 heterocycles. The summed E-state index contributed by atoms with van der Waals surface area (Å²) in [6.07, 6.45) is 10.9. The summed E-state index contributed by atoms with van der Waals surface area (Å²) < 4.78 is 5.37. The zero-order valence-corrected chi connectivity index (χ0v) is 16.5. The van der Waals surface area contributed by atoms with Crippen LogP contribution in [0.1, 0.15) is 78.6 Å². The average molecular weight is 352 g/mol. The van der Waals surface area contributed by atoms with Crippen molar-refractivity contribution in [2.45, 2.75) is 114 Å². The normalized spacial score (nSPS) is 36.7. The molecule has 5 heteroatoms. The van der Waals surface area contributed by atoms with Gasteiger partial charge in [-0.05, 0) is 79.2 Å². The molecule has 2 aliphatic heterocycles. The molecule has 2 saturated heterocycles. The molecule has 0 radical (unpaired) electrons. The highest BCUT2D eigenvalue weighted by Crippen LogP contribution is 2.33. The molecular formula is C20H37N3O2. The second kappa shape index (κ2) is 7.83. The van der Waals surface area contributed by atoms with Gasteiger partial charge in [0.05, 0.1) is 0 Å². The molecule has 2 atom stereocenters. The Bertz CT molecular complexity index is 440. The Balaban J connectivity index is 1.39.